The molecule has 2 heterocycles. The molecule has 2 aromatic rings. The molecule has 0 bridgehead atoms. The summed E-state index contributed by atoms with van der Waals surface area (Å²) >= 11 is 0. The van der Waals surface area contributed by atoms with Crippen LogP contribution in [0.5, 0.6) is 5.75 Å². The van der Waals surface area contributed by atoms with Crippen molar-refractivity contribution in [3.05, 3.63) is 47.4 Å². The van der Waals surface area contributed by atoms with Gasteiger partial charge < -0.3 is 14.8 Å². The van der Waals surface area contributed by atoms with E-state index < -0.39 is 21.6 Å². The molecule has 162 valence electrons. The van der Waals surface area contributed by atoms with E-state index in [0.717, 1.165) is 0 Å². The van der Waals surface area contributed by atoms with Crippen molar-refractivity contribution in [1.29, 1.82) is 0 Å². The lowest BCUT2D eigenvalue weighted by Gasteiger charge is -2.16. The second kappa shape index (κ2) is 9.09. The zero-order valence-electron chi connectivity index (χ0n) is 17.1. The number of nitrogens with one attached hydrogen (secondary N) is 1. The maximum absolute atomic E-state index is 13.4. The summed E-state index contributed by atoms with van der Waals surface area (Å²) < 4.78 is 50.1. The highest BCUT2D eigenvalue weighted by atomic mass is 32.2. The second-order valence-electron chi connectivity index (χ2n) is 7.55. The number of aromatic nitrogens is 1. The first-order valence-electron chi connectivity index (χ1n) is 9.71. The van der Waals surface area contributed by atoms with Crippen molar-refractivity contribution >= 4 is 21.6 Å². The first kappa shape index (κ1) is 22.2. The zero-order chi connectivity index (χ0) is 21.9. The topological polar surface area (TPSA) is 94.6 Å². The van der Waals surface area contributed by atoms with Crippen LogP contribution in [0.2, 0.25) is 0 Å². The van der Waals surface area contributed by atoms with E-state index in [9.17, 15) is 17.6 Å². The number of hydrogen-bond acceptors (Lipinski definition) is 6. The Morgan fingerprint density at radius 2 is 2.10 bits per heavy atom. The Balaban J connectivity index is 1.91. The molecule has 1 saturated heterocycles. The lowest BCUT2D eigenvalue weighted by atomic mass is 10.1. The molecule has 0 aliphatic carbocycles. The lowest BCUT2D eigenvalue weighted by Crippen LogP contribution is -2.19. The Hall–Kier alpha value is -2.52. The molecule has 1 aromatic carbocycles. The number of benzene rings is 1. The molecule has 1 aliphatic rings. The van der Waals surface area contributed by atoms with Crippen LogP contribution in [-0.2, 0) is 14.6 Å². The van der Waals surface area contributed by atoms with Gasteiger partial charge in [0.1, 0.15) is 17.4 Å². The average molecular weight is 437 g/mol. The number of halogens is 1. The van der Waals surface area contributed by atoms with E-state index in [4.69, 9.17) is 9.47 Å². The largest absolute Gasteiger partial charge is 0.490 e. The Morgan fingerprint density at radius 3 is 2.73 bits per heavy atom. The maximum atomic E-state index is 13.4. The van der Waals surface area contributed by atoms with Crippen molar-refractivity contribution in [1.82, 2.24) is 4.98 Å². The van der Waals surface area contributed by atoms with E-state index in [1.165, 1.54) is 37.3 Å². The summed E-state index contributed by atoms with van der Waals surface area (Å²) in [7, 11) is -3.61. The third kappa shape index (κ3) is 5.34. The summed E-state index contributed by atoms with van der Waals surface area (Å²) in [5, 5.41) is 2.58. The minimum absolute atomic E-state index is 0.0406. The zero-order valence-corrected chi connectivity index (χ0v) is 18.0. The third-order valence-corrected chi connectivity index (χ3v) is 6.54. The molecule has 1 aromatic heterocycles. The lowest BCUT2D eigenvalue weighted by molar-refractivity contribution is 0.102. The fraction of sp³-hybridized carbons (Fsp3) is 0.429. The standard InChI is InChI=1S/C21H25FN2O5S/c1-13(2)29-19-6-4-16(30(26,27)12-15-8-9-28-11-15)10-17(19)21(25)24-20-7-5-18(22)14(3)23-20/h4-7,10,13,15H,8-9,11-12H2,1-3H3,(H,23,24,25)/t15-/m0/s1. The number of pyridine rings is 1. The summed E-state index contributed by atoms with van der Waals surface area (Å²) in [4.78, 5) is 16.9. The van der Waals surface area contributed by atoms with Gasteiger partial charge in [-0.05, 0) is 63.4 Å². The fourth-order valence-corrected chi connectivity index (χ4v) is 4.80. The monoisotopic (exact) mass is 436 g/mol. The molecule has 1 aliphatic heterocycles. The number of sulfone groups is 1. The molecule has 30 heavy (non-hydrogen) atoms. The van der Waals surface area contributed by atoms with Gasteiger partial charge in [0.25, 0.3) is 5.91 Å². The molecule has 1 atom stereocenters. The van der Waals surface area contributed by atoms with Gasteiger partial charge in [-0.1, -0.05) is 0 Å². The number of hydrogen-bond donors (Lipinski definition) is 1. The number of aryl methyl sites for hydroxylation is 1. The third-order valence-electron chi connectivity index (χ3n) is 4.66. The Labute approximate surface area is 175 Å². The summed E-state index contributed by atoms with van der Waals surface area (Å²) in [5.41, 5.74) is 0.206. The molecular formula is C21H25FN2O5S. The smallest absolute Gasteiger partial charge is 0.260 e. The minimum Gasteiger partial charge on any atom is -0.490 e. The molecule has 0 radical (unpaired) electrons. The number of ether oxygens (including phenoxy) is 2. The van der Waals surface area contributed by atoms with E-state index >= 15 is 0 Å². The summed E-state index contributed by atoms with van der Waals surface area (Å²) in [6, 6.07) is 6.78. The van der Waals surface area contributed by atoms with Crippen LogP contribution in [0.4, 0.5) is 10.2 Å². The fourth-order valence-electron chi connectivity index (χ4n) is 3.16. The normalized spacial score (nSPS) is 16.6. The molecule has 0 saturated carbocycles. The maximum Gasteiger partial charge on any atom is 0.260 e. The Morgan fingerprint density at radius 1 is 1.33 bits per heavy atom. The van der Waals surface area contributed by atoms with E-state index in [1.54, 1.807) is 13.8 Å². The van der Waals surface area contributed by atoms with Crippen LogP contribution in [0, 0.1) is 18.7 Å². The molecule has 0 spiro atoms. The highest BCUT2D eigenvalue weighted by Gasteiger charge is 2.26. The Kier molecular flexibility index (Phi) is 6.72. The highest BCUT2D eigenvalue weighted by molar-refractivity contribution is 7.91. The summed E-state index contributed by atoms with van der Waals surface area (Å²) in [6.45, 7) is 6.06. The van der Waals surface area contributed by atoms with Gasteiger partial charge in [-0.2, -0.15) is 0 Å². The number of rotatable bonds is 7. The SMILES string of the molecule is Cc1nc(NC(=O)c2cc(S(=O)(=O)C[C@H]3CCOC3)ccc2OC(C)C)ccc1F. The first-order chi connectivity index (χ1) is 14.2. The van der Waals surface area contributed by atoms with E-state index in [2.05, 4.69) is 10.3 Å². The molecule has 3 rings (SSSR count). The van der Waals surface area contributed by atoms with Crippen LogP contribution in [0.3, 0.4) is 0 Å². The molecule has 1 fully saturated rings. The molecule has 0 unspecified atom stereocenters. The van der Waals surface area contributed by atoms with Crippen molar-refractivity contribution in [2.45, 2.75) is 38.2 Å². The van der Waals surface area contributed by atoms with Crippen LogP contribution < -0.4 is 10.1 Å². The summed E-state index contributed by atoms with van der Waals surface area (Å²) in [5.74, 6) is -0.774. The van der Waals surface area contributed by atoms with Gasteiger partial charge in [0.15, 0.2) is 9.84 Å². The van der Waals surface area contributed by atoms with Gasteiger partial charge >= 0.3 is 0 Å². The van der Waals surface area contributed by atoms with E-state index in [0.29, 0.717) is 19.6 Å². The van der Waals surface area contributed by atoms with Crippen molar-refractivity contribution in [2.75, 3.05) is 24.3 Å². The number of carbonyl (C=O) groups excluding carboxylic acids is 1. The van der Waals surface area contributed by atoms with E-state index in [1.807, 2.05) is 0 Å². The van der Waals surface area contributed by atoms with Crippen LogP contribution in [0.15, 0.2) is 35.2 Å². The molecule has 9 heteroatoms. The summed E-state index contributed by atoms with van der Waals surface area (Å²) in [6.07, 6.45) is 0.470. The van der Waals surface area contributed by atoms with Gasteiger partial charge in [0.2, 0.25) is 0 Å². The molecule has 1 N–H and O–H groups in total. The van der Waals surface area contributed by atoms with Crippen molar-refractivity contribution in [3.63, 3.8) is 0 Å². The van der Waals surface area contributed by atoms with Crippen LogP contribution in [0.1, 0.15) is 36.3 Å². The Bertz CT molecular complexity index is 1030. The second-order valence-corrected chi connectivity index (χ2v) is 9.59. The molecule has 7 nitrogen and oxygen atoms in total. The molecule has 1 amide bonds. The van der Waals surface area contributed by atoms with Crippen molar-refractivity contribution < 1.29 is 27.1 Å². The predicted octanol–water partition coefficient (Wildman–Crippen LogP) is 3.38. The highest BCUT2D eigenvalue weighted by Crippen LogP contribution is 2.27. The number of carbonyl (C=O) groups is 1. The van der Waals surface area contributed by atoms with Gasteiger partial charge in [0, 0.05) is 6.61 Å². The van der Waals surface area contributed by atoms with Crippen LogP contribution in [-0.4, -0.2) is 44.4 Å². The quantitative estimate of drug-likeness (QED) is 0.715. The van der Waals surface area contributed by atoms with Crippen molar-refractivity contribution in [3.8, 4) is 5.75 Å². The van der Waals surface area contributed by atoms with Gasteiger partial charge in [-0.3, -0.25) is 4.79 Å². The number of amides is 1. The predicted molar refractivity (Wildman–Crippen MR) is 110 cm³/mol. The minimum atomic E-state index is -3.61. The van der Waals surface area contributed by atoms with Crippen LogP contribution in [0.25, 0.3) is 0 Å². The van der Waals surface area contributed by atoms with Crippen LogP contribution >= 0.6 is 0 Å². The number of nitrogens with zero attached hydrogens (tertiary/aromatic N) is 1. The van der Waals surface area contributed by atoms with Gasteiger partial charge in [0.05, 0.1) is 34.6 Å². The van der Waals surface area contributed by atoms with Gasteiger partial charge in [-0.25, -0.2) is 17.8 Å². The molecular weight excluding hydrogens is 411 g/mol. The first-order valence-corrected chi connectivity index (χ1v) is 11.4. The number of anilines is 1. The average Bonchev–Trinajstić information content (AvgIpc) is 3.16. The van der Waals surface area contributed by atoms with Gasteiger partial charge in [-0.15, -0.1) is 0 Å². The van der Waals surface area contributed by atoms with Crippen molar-refractivity contribution in [2.24, 2.45) is 5.92 Å². The van der Waals surface area contributed by atoms with E-state index in [-0.39, 0.29) is 45.5 Å².